The van der Waals surface area contributed by atoms with Crippen LogP contribution in [0.25, 0.3) is 27.6 Å². The summed E-state index contributed by atoms with van der Waals surface area (Å²) in [6, 6.07) is 23.3. The minimum atomic E-state index is -0.120. The molecule has 0 aliphatic rings. The highest BCUT2D eigenvalue weighted by Gasteiger charge is 2.14. The number of hydrogen-bond donors (Lipinski definition) is 0. The molecule has 3 aromatic heterocycles. The first-order chi connectivity index (χ1) is 14.7. The number of benzene rings is 2. The third-order valence-corrected chi connectivity index (χ3v) is 5.85. The van der Waals surface area contributed by atoms with E-state index in [1.54, 1.807) is 16.8 Å². The van der Waals surface area contributed by atoms with Crippen molar-refractivity contribution in [3.05, 3.63) is 101 Å². The van der Waals surface area contributed by atoms with Crippen LogP contribution in [-0.2, 0) is 5.75 Å². The standard InChI is InChI=1S/C24H18N4OS/c1-16-10-13-22(25-14-16)28-23(29)19-7-3-5-9-21(19)27-24(28)30-15-18-12-11-17-6-2-4-8-20(17)26-18/h2-14H,15H2,1H3. The Bertz CT molecular complexity index is 1430. The third kappa shape index (κ3) is 3.46. The van der Waals surface area contributed by atoms with Gasteiger partial charge in [0.1, 0.15) is 5.82 Å². The lowest BCUT2D eigenvalue weighted by Gasteiger charge is -2.12. The van der Waals surface area contributed by atoms with Gasteiger partial charge in [0, 0.05) is 17.3 Å². The highest BCUT2D eigenvalue weighted by atomic mass is 32.2. The molecule has 3 heterocycles. The molecular weight excluding hydrogens is 392 g/mol. The van der Waals surface area contributed by atoms with E-state index < -0.39 is 0 Å². The second-order valence-electron chi connectivity index (χ2n) is 7.03. The number of aromatic nitrogens is 4. The predicted octanol–water partition coefficient (Wildman–Crippen LogP) is 4.93. The summed E-state index contributed by atoms with van der Waals surface area (Å²) in [5, 5.41) is 2.29. The Kier molecular flexibility index (Phi) is 4.77. The Labute approximate surface area is 177 Å². The second-order valence-corrected chi connectivity index (χ2v) is 7.97. The zero-order chi connectivity index (χ0) is 20.5. The Hall–Kier alpha value is -3.51. The largest absolute Gasteiger partial charge is 0.268 e. The molecule has 0 saturated heterocycles. The van der Waals surface area contributed by atoms with E-state index in [0.29, 0.717) is 27.6 Å². The normalized spacial score (nSPS) is 11.2. The predicted molar refractivity (Wildman–Crippen MR) is 121 cm³/mol. The number of fused-ring (bicyclic) bond motifs is 2. The summed E-state index contributed by atoms with van der Waals surface area (Å²) in [6.45, 7) is 1.97. The molecule has 0 atom stereocenters. The van der Waals surface area contributed by atoms with E-state index >= 15 is 0 Å². The molecule has 0 aliphatic heterocycles. The number of rotatable bonds is 4. The topological polar surface area (TPSA) is 60.7 Å². The van der Waals surface area contributed by atoms with Crippen LogP contribution in [-0.4, -0.2) is 19.5 Å². The molecular formula is C24H18N4OS. The smallest absolute Gasteiger partial charge is 0.267 e. The summed E-state index contributed by atoms with van der Waals surface area (Å²) in [5.74, 6) is 1.17. The molecule has 2 aromatic carbocycles. The monoisotopic (exact) mass is 410 g/mol. The molecule has 0 unspecified atom stereocenters. The van der Waals surface area contributed by atoms with Gasteiger partial charge in [-0.1, -0.05) is 54.2 Å². The summed E-state index contributed by atoms with van der Waals surface area (Å²) < 4.78 is 1.59. The Balaban J connectivity index is 1.58. The van der Waals surface area contributed by atoms with Gasteiger partial charge < -0.3 is 0 Å². The molecule has 0 N–H and O–H groups in total. The van der Waals surface area contributed by atoms with E-state index in [0.717, 1.165) is 22.2 Å². The van der Waals surface area contributed by atoms with E-state index in [1.165, 1.54) is 11.8 Å². The minimum absolute atomic E-state index is 0.120. The summed E-state index contributed by atoms with van der Waals surface area (Å²) >= 11 is 1.49. The maximum absolute atomic E-state index is 13.3. The van der Waals surface area contributed by atoms with Crippen molar-refractivity contribution in [2.24, 2.45) is 0 Å². The van der Waals surface area contributed by atoms with Crippen LogP contribution in [0.2, 0.25) is 0 Å². The molecule has 5 aromatic rings. The van der Waals surface area contributed by atoms with Crippen molar-refractivity contribution in [3.8, 4) is 5.82 Å². The van der Waals surface area contributed by atoms with Crippen molar-refractivity contribution in [2.45, 2.75) is 17.8 Å². The van der Waals surface area contributed by atoms with E-state index in [9.17, 15) is 4.79 Å². The number of hydrogen-bond acceptors (Lipinski definition) is 5. The first-order valence-corrected chi connectivity index (χ1v) is 10.6. The molecule has 146 valence electrons. The van der Waals surface area contributed by atoms with Gasteiger partial charge in [-0.05, 0) is 42.8 Å². The lowest BCUT2D eigenvalue weighted by molar-refractivity contribution is 0.794. The van der Waals surface area contributed by atoms with Crippen molar-refractivity contribution in [2.75, 3.05) is 0 Å². The first kappa shape index (κ1) is 18.5. The molecule has 0 saturated carbocycles. The van der Waals surface area contributed by atoms with E-state index in [-0.39, 0.29) is 5.56 Å². The fraction of sp³-hybridized carbons (Fsp3) is 0.0833. The molecule has 0 bridgehead atoms. The van der Waals surface area contributed by atoms with Gasteiger partial charge in [0.25, 0.3) is 5.56 Å². The Morgan fingerprint density at radius 3 is 2.50 bits per heavy atom. The number of para-hydroxylation sites is 2. The first-order valence-electron chi connectivity index (χ1n) is 9.61. The summed E-state index contributed by atoms with van der Waals surface area (Å²) in [6.07, 6.45) is 1.76. The Morgan fingerprint density at radius 1 is 0.867 bits per heavy atom. The SMILES string of the molecule is Cc1ccc(-n2c(SCc3ccc4ccccc4n3)nc3ccccc3c2=O)nc1. The van der Waals surface area contributed by atoms with Gasteiger partial charge in [0.2, 0.25) is 0 Å². The van der Waals surface area contributed by atoms with Gasteiger partial charge in [-0.15, -0.1) is 0 Å². The number of pyridine rings is 2. The molecule has 0 fully saturated rings. The summed E-state index contributed by atoms with van der Waals surface area (Å²) in [5.41, 5.74) is 3.49. The van der Waals surface area contributed by atoms with Gasteiger partial charge >= 0.3 is 0 Å². The fourth-order valence-electron chi connectivity index (χ4n) is 3.33. The van der Waals surface area contributed by atoms with Gasteiger partial charge in [-0.25, -0.2) is 14.5 Å². The van der Waals surface area contributed by atoms with Crippen LogP contribution in [0.3, 0.4) is 0 Å². The number of thioether (sulfide) groups is 1. The van der Waals surface area contributed by atoms with Crippen molar-refractivity contribution in [1.82, 2.24) is 19.5 Å². The van der Waals surface area contributed by atoms with Crippen LogP contribution in [0, 0.1) is 6.92 Å². The molecule has 0 amide bonds. The van der Waals surface area contributed by atoms with Gasteiger partial charge in [0.15, 0.2) is 5.16 Å². The van der Waals surface area contributed by atoms with Crippen LogP contribution < -0.4 is 5.56 Å². The molecule has 6 heteroatoms. The zero-order valence-electron chi connectivity index (χ0n) is 16.3. The van der Waals surface area contributed by atoms with E-state index in [1.807, 2.05) is 67.6 Å². The van der Waals surface area contributed by atoms with Crippen LogP contribution in [0.5, 0.6) is 0 Å². The second kappa shape index (κ2) is 7.72. The van der Waals surface area contributed by atoms with Gasteiger partial charge in [-0.3, -0.25) is 9.78 Å². The molecule has 0 spiro atoms. The van der Waals surface area contributed by atoms with Gasteiger partial charge in [-0.2, -0.15) is 0 Å². The van der Waals surface area contributed by atoms with Crippen molar-refractivity contribution < 1.29 is 0 Å². The minimum Gasteiger partial charge on any atom is -0.268 e. The molecule has 0 radical (unpaired) electrons. The Morgan fingerprint density at radius 2 is 1.67 bits per heavy atom. The summed E-state index contributed by atoms with van der Waals surface area (Å²) in [7, 11) is 0. The number of aryl methyl sites for hydroxylation is 1. The fourth-order valence-corrected chi connectivity index (χ4v) is 4.24. The van der Waals surface area contributed by atoms with Crippen LogP contribution in [0.4, 0.5) is 0 Å². The van der Waals surface area contributed by atoms with Crippen molar-refractivity contribution in [1.29, 1.82) is 0 Å². The maximum atomic E-state index is 13.3. The highest BCUT2D eigenvalue weighted by Crippen LogP contribution is 2.24. The molecule has 5 nitrogen and oxygen atoms in total. The zero-order valence-corrected chi connectivity index (χ0v) is 17.1. The quantitative estimate of drug-likeness (QED) is 0.311. The summed E-state index contributed by atoms with van der Waals surface area (Å²) in [4.78, 5) is 27.2. The van der Waals surface area contributed by atoms with Gasteiger partial charge in [0.05, 0.1) is 22.1 Å². The average Bonchev–Trinajstić information content (AvgIpc) is 2.78. The third-order valence-electron chi connectivity index (χ3n) is 4.88. The lowest BCUT2D eigenvalue weighted by Crippen LogP contribution is -2.22. The maximum Gasteiger partial charge on any atom is 0.267 e. The average molecular weight is 411 g/mol. The van der Waals surface area contributed by atoms with Crippen molar-refractivity contribution in [3.63, 3.8) is 0 Å². The molecule has 0 aliphatic carbocycles. The van der Waals surface area contributed by atoms with Crippen LogP contribution >= 0.6 is 11.8 Å². The van der Waals surface area contributed by atoms with E-state index in [2.05, 4.69) is 11.1 Å². The van der Waals surface area contributed by atoms with E-state index in [4.69, 9.17) is 9.97 Å². The van der Waals surface area contributed by atoms with Crippen LogP contribution in [0.1, 0.15) is 11.3 Å². The highest BCUT2D eigenvalue weighted by molar-refractivity contribution is 7.98. The molecule has 5 rings (SSSR count). The lowest BCUT2D eigenvalue weighted by atomic mass is 10.2. The van der Waals surface area contributed by atoms with Crippen LogP contribution in [0.15, 0.2) is 88.9 Å². The van der Waals surface area contributed by atoms with Crippen molar-refractivity contribution >= 4 is 33.6 Å². The number of nitrogens with zero attached hydrogens (tertiary/aromatic N) is 4. The molecule has 30 heavy (non-hydrogen) atoms.